The first kappa shape index (κ1) is 13.3. The molecule has 1 amide bonds. The van der Waals surface area contributed by atoms with Crippen LogP contribution in [0.3, 0.4) is 0 Å². The third-order valence-electron chi connectivity index (χ3n) is 3.61. The zero-order valence-corrected chi connectivity index (χ0v) is 12.0. The van der Waals surface area contributed by atoms with Crippen LogP contribution in [0.1, 0.15) is 28.9 Å². The molecule has 0 radical (unpaired) electrons. The molecule has 0 fully saturated rings. The monoisotopic (exact) mass is 280 g/mol. The van der Waals surface area contributed by atoms with E-state index in [0.717, 1.165) is 28.2 Å². The number of benzene rings is 1. The predicted octanol–water partition coefficient (Wildman–Crippen LogP) is 2.44. The van der Waals surface area contributed by atoms with Crippen LogP contribution in [-0.4, -0.2) is 25.1 Å². The summed E-state index contributed by atoms with van der Waals surface area (Å²) in [6.07, 6.45) is 5.32. The summed E-state index contributed by atoms with van der Waals surface area (Å²) in [6.45, 7) is 5.95. The highest BCUT2D eigenvalue weighted by Crippen LogP contribution is 2.31. The molecule has 0 aromatic heterocycles. The maximum atomic E-state index is 11.8. The Morgan fingerprint density at radius 3 is 3.00 bits per heavy atom. The minimum atomic E-state index is -0.0163. The first-order valence-electron chi connectivity index (χ1n) is 6.72. The zero-order valence-electron chi connectivity index (χ0n) is 12.0. The molecule has 2 aliphatic rings. The lowest BCUT2D eigenvalue weighted by molar-refractivity contribution is 0.0958. The van der Waals surface area contributed by atoms with Crippen molar-refractivity contribution in [3.05, 3.63) is 53.8 Å². The van der Waals surface area contributed by atoms with E-state index in [2.05, 4.69) is 21.9 Å². The lowest BCUT2D eigenvalue weighted by Gasteiger charge is -2.18. The summed E-state index contributed by atoms with van der Waals surface area (Å²) in [6, 6.07) is 5.81. The van der Waals surface area contributed by atoms with Crippen LogP contribution in [0.4, 0.5) is 5.69 Å². The second-order valence-electron chi connectivity index (χ2n) is 5.00. The van der Waals surface area contributed by atoms with Gasteiger partial charge in [-0.15, -0.1) is 0 Å². The van der Waals surface area contributed by atoms with Crippen LogP contribution in [0.15, 0.2) is 52.6 Å². The predicted molar refractivity (Wildman–Crippen MR) is 84.9 cm³/mol. The Morgan fingerprint density at radius 1 is 1.43 bits per heavy atom. The van der Waals surface area contributed by atoms with Crippen LogP contribution >= 0.6 is 0 Å². The average molecular weight is 280 g/mol. The van der Waals surface area contributed by atoms with Gasteiger partial charge in [-0.3, -0.25) is 9.79 Å². The second kappa shape index (κ2) is 5.01. The molecular weight excluding hydrogens is 264 g/mol. The van der Waals surface area contributed by atoms with Gasteiger partial charge in [0.15, 0.2) is 0 Å². The smallest absolute Gasteiger partial charge is 0.252 e. The molecule has 1 N–H and O–H groups in total. The van der Waals surface area contributed by atoms with Gasteiger partial charge in [0.25, 0.3) is 5.91 Å². The Balaban J connectivity index is 2.02. The number of nitrogens with zero attached hydrogens (tertiary/aromatic N) is 3. The van der Waals surface area contributed by atoms with E-state index in [1.807, 2.05) is 42.3 Å². The van der Waals surface area contributed by atoms with Crippen molar-refractivity contribution in [2.75, 3.05) is 11.9 Å². The Hall–Kier alpha value is -2.69. The molecule has 0 saturated carbocycles. The number of amides is 1. The van der Waals surface area contributed by atoms with Gasteiger partial charge in [-0.05, 0) is 36.8 Å². The van der Waals surface area contributed by atoms with E-state index in [0.29, 0.717) is 0 Å². The third kappa shape index (κ3) is 2.16. The van der Waals surface area contributed by atoms with Crippen LogP contribution in [0.5, 0.6) is 0 Å². The van der Waals surface area contributed by atoms with Gasteiger partial charge < -0.3 is 10.2 Å². The summed E-state index contributed by atoms with van der Waals surface area (Å²) >= 11 is 0. The van der Waals surface area contributed by atoms with Crippen molar-refractivity contribution in [1.82, 2.24) is 5.32 Å². The van der Waals surface area contributed by atoms with Crippen molar-refractivity contribution in [2.24, 2.45) is 9.98 Å². The van der Waals surface area contributed by atoms with Gasteiger partial charge in [-0.1, -0.05) is 6.58 Å². The highest BCUT2D eigenvalue weighted by atomic mass is 16.2. The van der Waals surface area contributed by atoms with Crippen molar-refractivity contribution in [3.63, 3.8) is 0 Å². The number of anilines is 1. The molecule has 2 heterocycles. The van der Waals surface area contributed by atoms with Crippen molar-refractivity contribution in [3.8, 4) is 0 Å². The number of aliphatic imine (C=N–C) groups is 2. The van der Waals surface area contributed by atoms with Gasteiger partial charge >= 0.3 is 0 Å². The van der Waals surface area contributed by atoms with E-state index < -0.39 is 0 Å². The first-order valence-corrected chi connectivity index (χ1v) is 6.72. The summed E-state index contributed by atoms with van der Waals surface area (Å²) in [5.41, 5.74) is 3.53. The SMILES string of the molecule is C=C1C=CN(c2ccc3c(c2)C(C)NC3=O)C1=NC=NC. The number of nitrogens with one attached hydrogen (secondary N) is 1. The summed E-state index contributed by atoms with van der Waals surface area (Å²) < 4.78 is 0. The fraction of sp³-hybridized carbons (Fsp3) is 0.188. The van der Waals surface area contributed by atoms with Crippen LogP contribution in [0.25, 0.3) is 0 Å². The molecule has 0 saturated heterocycles. The fourth-order valence-corrected chi connectivity index (χ4v) is 2.55. The topological polar surface area (TPSA) is 57.1 Å². The van der Waals surface area contributed by atoms with Gasteiger partial charge in [-0.25, -0.2) is 4.99 Å². The molecule has 2 aliphatic heterocycles. The molecule has 5 nitrogen and oxygen atoms in total. The van der Waals surface area contributed by atoms with E-state index in [4.69, 9.17) is 0 Å². The number of fused-ring (bicyclic) bond motifs is 1. The van der Waals surface area contributed by atoms with Crippen molar-refractivity contribution in [1.29, 1.82) is 0 Å². The largest absolute Gasteiger partial charge is 0.345 e. The lowest BCUT2D eigenvalue weighted by Crippen LogP contribution is -2.22. The minimum absolute atomic E-state index is 0.0163. The highest BCUT2D eigenvalue weighted by Gasteiger charge is 2.27. The van der Waals surface area contributed by atoms with E-state index in [1.165, 1.54) is 6.34 Å². The van der Waals surface area contributed by atoms with Crippen molar-refractivity contribution >= 4 is 23.8 Å². The summed E-state index contributed by atoms with van der Waals surface area (Å²) in [4.78, 5) is 21.9. The third-order valence-corrected chi connectivity index (χ3v) is 3.61. The first-order chi connectivity index (χ1) is 10.1. The van der Waals surface area contributed by atoms with Crippen molar-refractivity contribution in [2.45, 2.75) is 13.0 Å². The number of hydrogen-bond donors (Lipinski definition) is 1. The quantitative estimate of drug-likeness (QED) is 0.668. The molecule has 5 heteroatoms. The van der Waals surface area contributed by atoms with Gasteiger partial charge in [0.1, 0.15) is 12.2 Å². The molecule has 0 bridgehead atoms. The fourth-order valence-electron chi connectivity index (χ4n) is 2.55. The number of hydrogen-bond acceptors (Lipinski definition) is 2. The van der Waals surface area contributed by atoms with Crippen LogP contribution in [-0.2, 0) is 0 Å². The number of carbonyl (C=O) groups excluding carboxylic acids is 1. The van der Waals surface area contributed by atoms with Gasteiger partial charge in [-0.2, -0.15) is 0 Å². The van der Waals surface area contributed by atoms with E-state index in [1.54, 1.807) is 7.05 Å². The normalized spacial score (nSPS) is 22.5. The van der Waals surface area contributed by atoms with Crippen molar-refractivity contribution < 1.29 is 4.79 Å². The maximum Gasteiger partial charge on any atom is 0.252 e. The van der Waals surface area contributed by atoms with Gasteiger partial charge in [0.2, 0.25) is 0 Å². The minimum Gasteiger partial charge on any atom is -0.345 e. The molecule has 0 spiro atoms. The molecule has 3 rings (SSSR count). The van der Waals surface area contributed by atoms with Gasteiger partial charge in [0.05, 0.1) is 6.04 Å². The number of amidine groups is 1. The van der Waals surface area contributed by atoms with E-state index in [-0.39, 0.29) is 11.9 Å². The number of rotatable bonds is 2. The maximum absolute atomic E-state index is 11.8. The Kier molecular flexibility index (Phi) is 3.17. The standard InChI is InChI=1S/C16H16N4O/c1-10-6-7-20(15(10)18-9-17-3)12-4-5-13-14(8-12)11(2)19-16(13)21/h4-9,11H,1H2,2-3H3,(H,19,21). The van der Waals surface area contributed by atoms with Gasteiger partial charge in [0, 0.05) is 30.1 Å². The zero-order chi connectivity index (χ0) is 15.0. The summed E-state index contributed by atoms with van der Waals surface area (Å²) in [5, 5.41) is 2.91. The second-order valence-corrected chi connectivity index (χ2v) is 5.00. The van der Waals surface area contributed by atoms with Crippen LogP contribution < -0.4 is 10.2 Å². The molecule has 0 aliphatic carbocycles. The number of carbonyl (C=O) groups is 1. The molecule has 1 aromatic rings. The summed E-state index contributed by atoms with van der Waals surface area (Å²) in [7, 11) is 1.67. The van der Waals surface area contributed by atoms with E-state index >= 15 is 0 Å². The summed E-state index contributed by atoms with van der Waals surface area (Å²) in [5.74, 6) is 0.725. The van der Waals surface area contributed by atoms with Crippen LogP contribution in [0.2, 0.25) is 0 Å². The Bertz CT molecular complexity index is 715. The van der Waals surface area contributed by atoms with Crippen LogP contribution in [0, 0.1) is 0 Å². The molecular formula is C16H16N4O. The average Bonchev–Trinajstić information content (AvgIpc) is 2.97. The Morgan fingerprint density at radius 2 is 2.24 bits per heavy atom. The molecule has 1 aromatic carbocycles. The molecule has 21 heavy (non-hydrogen) atoms. The molecule has 1 atom stereocenters. The highest BCUT2D eigenvalue weighted by molar-refractivity contribution is 6.17. The van der Waals surface area contributed by atoms with E-state index in [9.17, 15) is 4.79 Å². The molecule has 1 unspecified atom stereocenters. The lowest BCUT2D eigenvalue weighted by atomic mass is 10.0. The molecule has 106 valence electrons. The Labute approximate surface area is 123 Å².